The molecule has 108 valence electrons. The first-order valence-electron chi connectivity index (χ1n) is 7.05. The predicted molar refractivity (Wildman–Crippen MR) is 80.6 cm³/mol. The highest BCUT2D eigenvalue weighted by Gasteiger charge is 2.10. The van der Waals surface area contributed by atoms with Gasteiger partial charge < -0.3 is 4.74 Å². The maximum atomic E-state index is 11.6. The topological polar surface area (TPSA) is 43.4 Å². The fraction of sp³-hybridized carbons (Fsp3) is 0.222. The van der Waals surface area contributed by atoms with Gasteiger partial charge in [-0.1, -0.05) is 60.7 Å². The summed E-state index contributed by atoms with van der Waals surface area (Å²) in [6.45, 7) is 0. The lowest BCUT2D eigenvalue weighted by molar-refractivity contribution is -0.159. The molecule has 0 aliphatic rings. The molecule has 0 aliphatic heterocycles. The second-order valence-corrected chi connectivity index (χ2v) is 4.82. The van der Waals surface area contributed by atoms with Crippen LogP contribution in [0.15, 0.2) is 60.7 Å². The average Bonchev–Trinajstić information content (AvgIpc) is 2.53. The third-order valence-corrected chi connectivity index (χ3v) is 3.15. The number of carbonyl (C=O) groups excluding carboxylic acids is 2. The number of hydrogen-bond donors (Lipinski definition) is 0. The van der Waals surface area contributed by atoms with Gasteiger partial charge in [0.2, 0.25) is 0 Å². The standard InChI is InChI=1S/C18H18O3/c19-17(13-11-15-7-3-1-4-8-15)21-18(20)14-12-16-9-5-2-6-10-16/h1-10H,11-14H2. The summed E-state index contributed by atoms with van der Waals surface area (Å²) in [6, 6.07) is 19.3. The quantitative estimate of drug-likeness (QED) is 0.603. The van der Waals surface area contributed by atoms with Crippen LogP contribution in [0.25, 0.3) is 0 Å². The van der Waals surface area contributed by atoms with Gasteiger partial charge in [-0.05, 0) is 24.0 Å². The molecule has 0 amide bonds. The maximum Gasteiger partial charge on any atom is 0.313 e. The van der Waals surface area contributed by atoms with Crippen molar-refractivity contribution < 1.29 is 14.3 Å². The molecular weight excluding hydrogens is 264 g/mol. The summed E-state index contributed by atoms with van der Waals surface area (Å²) in [7, 11) is 0. The minimum absolute atomic E-state index is 0.223. The Kier molecular flexibility index (Phi) is 5.71. The fourth-order valence-electron chi connectivity index (χ4n) is 2.01. The minimum atomic E-state index is -0.461. The van der Waals surface area contributed by atoms with Gasteiger partial charge in [-0.2, -0.15) is 0 Å². The van der Waals surface area contributed by atoms with Gasteiger partial charge >= 0.3 is 11.9 Å². The summed E-state index contributed by atoms with van der Waals surface area (Å²) in [4.78, 5) is 23.2. The molecule has 3 nitrogen and oxygen atoms in total. The molecule has 2 rings (SSSR count). The number of carbonyl (C=O) groups is 2. The molecule has 21 heavy (non-hydrogen) atoms. The Hall–Kier alpha value is -2.42. The highest BCUT2D eigenvalue weighted by Crippen LogP contribution is 2.06. The first kappa shape index (κ1) is 15.0. The van der Waals surface area contributed by atoms with Crippen molar-refractivity contribution in [2.45, 2.75) is 25.7 Å². The van der Waals surface area contributed by atoms with E-state index in [4.69, 9.17) is 4.74 Å². The highest BCUT2D eigenvalue weighted by atomic mass is 16.6. The van der Waals surface area contributed by atoms with Gasteiger partial charge in [0.25, 0.3) is 0 Å². The van der Waals surface area contributed by atoms with Gasteiger partial charge in [0.1, 0.15) is 0 Å². The Morgan fingerprint density at radius 3 is 1.43 bits per heavy atom. The summed E-state index contributed by atoms with van der Waals surface area (Å²) >= 11 is 0. The van der Waals surface area contributed by atoms with Crippen molar-refractivity contribution in [3.63, 3.8) is 0 Å². The number of aryl methyl sites for hydroxylation is 2. The maximum absolute atomic E-state index is 11.6. The van der Waals surface area contributed by atoms with E-state index in [9.17, 15) is 9.59 Å². The number of benzene rings is 2. The summed E-state index contributed by atoms with van der Waals surface area (Å²) in [5.74, 6) is -0.922. The molecule has 0 unspecified atom stereocenters. The lowest BCUT2D eigenvalue weighted by Crippen LogP contribution is -2.13. The van der Waals surface area contributed by atoms with E-state index >= 15 is 0 Å². The molecule has 0 N–H and O–H groups in total. The Morgan fingerprint density at radius 1 is 0.667 bits per heavy atom. The third-order valence-electron chi connectivity index (χ3n) is 3.15. The predicted octanol–water partition coefficient (Wildman–Crippen LogP) is 3.32. The normalized spacial score (nSPS) is 10.1. The van der Waals surface area contributed by atoms with Crippen LogP contribution in [0, 0.1) is 0 Å². The van der Waals surface area contributed by atoms with Gasteiger partial charge in [-0.15, -0.1) is 0 Å². The smallest absolute Gasteiger partial charge is 0.313 e. The third kappa shape index (κ3) is 5.61. The van der Waals surface area contributed by atoms with Crippen molar-refractivity contribution >= 4 is 11.9 Å². The number of ether oxygens (including phenoxy) is 1. The van der Waals surface area contributed by atoms with Crippen LogP contribution in [0.5, 0.6) is 0 Å². The van der Waals surface area contributed by atoms with Gasteiger partial charge in [0, 0.05) is 0 Å². The molecule has 0 fully saturated rings. The Bertz CT molecular complexity index is 522. The molecule has 0 radical (unpaired) electrons. The molecule has 3 heteroatoms. The minimum Gasteiger partial charge on any atom is -0.393 e. The SMILES string of the molecule is O=C(CCc1ccccc1)OC(=O)CCc1ccccc1. The van der Waals surface area contributed by atoms with Crippen molar-refractivity contribution in [2.24, 2.45) is 0 Å². The summed E-state index contributed by atoms with van der Waals surface area (Å²) < 4.78 is 4.82. The molecule has 2 aromatic rings. The van der Waals surface area contributed by atoms with Crippen LogP contribution in [0.1, 0.15) is 24.0 Å². The van der Waals surface area contributed by atoms with E-state index in [1.807, 2.05) is 60.7 Å². The van der Waals surface area contributed by atoms with Gasteiger partial charge in [-0.25, -0.2) is 0 Å². The number of hydrogen-bond acceptors (Lipinski definition) is 3. The summed E-state index contributed by atoms with van der Waals surface area (Å²) in [5, 5.41) is 0. The monoisotopic (exact) mass is 282 g/mol. The summed E-state index contributed by atoms with van der Waals surface area (Å²) in [5.41, 5.74) is 2.12. The molecular formula is C18H18O3. The van der Waals surface area contributed by atoms with Gasteiger partial charge in [0.05, 0.1) is 12.8 Å². The lowest BCUT2D eigenvalue weighted by atomic mass is 10.1. The second-order valence-electron chi connectivity index (χ2n) is 4.82. The molecule has 0 saturated heterocycles. The van der Waals surface area contributed by atoms with Crippen LogP contribution in [-0.4, -0.2) is 11.9 Å². The summed E-state index contributed by atoms with van der Waals surface area (Å²) in [6.07, 6.45) is 1.62. The average molecular weight is 282 g/mol. The van der Waals surface area contributed by atoms with Crippen LogP contribution in [0.4, 0.5) is 0 Å². The van der Waals surface area contributed by atoms with E-state index in [-0.39, 0.29) is 12.8 Å². The number of esters is 2. The van der Waals surface area contributed by atoms with E-state index in [2.05, 4.69) is 0 Å². The highest BCUT2D eigenvalue weighted by molar-refractivity contribution is 5.85. The van der Waals surface area contributed by atoms with Crippen LogP contribution < -0.4 is 0 Å². The van der Waals surface area contributed by atoms with Crippen molar-refractivity contribution in [3.05, 3.63) is 71.8 Å². The van der Waals surface area contributed by atoms with Gasteiger partial charge in [-0.3, -0.25) is 9.59 Å². The van der Waals surface area contributed by atoms with E-state index in [1.54, 1.807) is 0 Å². The molecule has 0 saturated carbocycles. The van der Waals surface area contributed by atoms with E-state index < -0.39 is 11.9 Å². The zero-order valence-corrected chi connectivity index (χ0v) is 11.8. The first-order valence-corrected chi connectivity index (χ1v) is 7.05. The Morgan fingerprint density at radius 2 is 1.05 bits per heavy atom. The van der Waals surface area contributed by atoms with Crippen molar-refractivity contribution in [3.8, 4) is 0 Å². The van der Waals surface area contributed by atoms with Crippen LogP contribution in [-0.2, 0) is 27.2 Å². The van der Waals surface area contributed by atoms with Crippen molar-refractivity contribution in [1.29, 1.82) is 0 Å². The molecule has 0 atom stereocenters. The largest absolute Gasteiger partial charge is 0.393 e. The lowest BCUT2D eigenvalue weighted by Gasteiger charge is -2.04. The molecule has 0 spiro atoms. The number of rotatable bonds is 6. The zero-order chi connectivity index (χ0) is 14.9. The van der Waals surface area contributed by atoms with E-state index in [0.717, 1.165) is 11.1 Å². The van der Waals surface area contributed by atoms with E-state index in [1.165, 1.54) is 0 Å². The Labute approximate surface area is 124 Å². The molecule has 0 aromatic heterocycles. The van der Waals surface area contributed by atoms with Crippen molar-refractivity contribution in [1.82, 2.24) is 0 Å². The first-order chi connectivity index (χ1) is 10.2. The fourth-order valence-corrected chi connectivity index (χ4v) is 2.01. The Balaban J connectivity index is 1.69. The van der Waals surface area contributed by atoms with Crippen molar-refractivity contribution in [2.75, 3.05) is 0 Å². The molecule has 0 bridgehead atoms. The van der Waals surface area contributed by atoms with E-state index in [0.29, 0.717) is 12.8 Å². The van der Waals surface area contributed by atoms with Gasteiger partial charge in [0.15, 0.2) is 0 Å². The molecule has 0 aliphatic carbocycles. The zero-order valence-electron chi connectivity index (χ0n) is 11.8. The van der Waals surface area contributed by atoms with Crippen LogP contribution >= 0.6 is 0 Å². The molecule has 2 aromatic carbocycles. The van der Waals surface area contributed by atoms with Crippen LogP contribution in [0.2, 0.25) is 0 Å². The molecule has 0 heterocycles. The second kappa shape index (κ2) is 8.00. The van der Waals surface area contributed by atoms with Crippen LogP contribution in [0.3, 0.4) is 0 Å².